The molecule has 1 amide bonds. The summed E-state index contributed by atoms with van der Waals surface area (Å²) in [7, 11) is 0. The van der Waals surface area contributed by atoms with Crippen molar-refractivity contribution in [3.63, 3.8) is 0 Å². The maximum absolute atomic E-state index is 12.5. The predicted molar refractivity (Wildman–Crippen MR) is 75.6 cm³/mol. The topological polar surface area (TPSA) is 54.5 Å². The van der Waals surface area contributed by atoms with Crippen LogP contribution in [0.3, 0.4) is 0 Å². The normalized spacial score (nSPS) is 20.1. The first-order valence-electron chi connectivity index (χ1n) is 6.98. The highest BCUT2D eigenvalue weighted by Crippen LogP contribution is 2.20. The molecule has 1 saturated heterocycles. The molecule has 0 saturated carbocycles. The Morgan fingerprint density at radius 2 is 2.36 bits per heavy atom. The van der Waals surface area contributed by atoms with Crippen molar-refractivity contribution in [1.82, 2.24) is 15.2 Å². The van der Waals surface area contributed by atoms with E-state index < -0.39 is 24.7 Å². The maximum Gasteiger partial charge on any atom is 0.401 e. The number of thiazole rings is 1. The van der Waals surface area contributed by atoms with Crippen LogP contribution in [-0.4, -0.2) is 54.3 Å². The zero-order chi connectivity index (χ0) is 16.2. The molecule has 0 spiro atoms. The summed E-state index contributed by atoms with van der Waals surface area (Å²) in [5.41, 5.74) is 0.717. The van der Waals surface area contributed by atoms with E-state index in [4.69, 9.17) is 4.74 Å². The number of alkyl halides is 3. The largest absolute Gasteiger partial charge is 0.401 e. The van der Waals surface area contributed by atoms with E-state index in [9.17, 15) is 18.0 Å². The van der Waals surface area contributed by atoms with Gasteiger partial charge in [0.1, 0.15) is 6.04 Å². The molecule has 5 nitrogen and oxygen atoms in total. The molecule has 2 heterocycles. The van der Waals surface area contributed by atoms with Crippen molar-refractivity contribution in [2.45, 2.75) is 32.1 Å². The second-order valence-corrected chi connectivity index (χ2v) is 5.92. The minimum Gasteiger partial charge on any atom is -0.378 e. The number of nitrogens with zero attached hydrogens (tertiary/aromatic N) is 2. The zero-order valence-electron chi connectivity index (χ0n) is 12.2. The fraction of sp³-hybridized carbons (Fsp3) is 0.692. The van der Waals surface area contributed by atoms with E-state index in [1.54, 1.807) is 0 Å². The van der Waals surface area contributed by atoms with Crippen LogP contribution in [0.5, 0.6) is 0 Å². The quantitative estimate of drug-likeness (QED) is 0.886. The van der Waals surface area contributed by atoms with E-state index >= 15 is 0 Å². The van der Waals surface area contributed by atoms with Crippen molar-refractivity contribution in [3.05, 3.63) is 16.1 Å². The molecule has 0 radical (unpaired) electrons. The van der Waals surface area contributed by atoms with Crippen LogP contribution in [0.4, 0.5) is 13.2 Å². The highest BCUT2D eigenvalue weighted by Gasteiger charge is 2.38. The van der Waals surface area contributed by atoms with Gasteiger partial charge in [-0.2, -0.15) is 13.2 Å². The number of nitrogens with one attached hydrogen (secondary N) is 1. The molecule has 1 aromatic heterocycles. The predicted octanol–water partition coefficient (Wildman–Crippen LogP) is 1.58. The lowest BCUT2D eigenvalue weighted by atomic mass is 10.2. The van der Waals surface area contributed by atoms with Gasteiger partial charge < -0.3 is 10.1 Å². The summed E-state index contributed by atoms with van der Waals surface area (Å²) < 4.78 is 42.8. The van der Waals surface area contributed by atoms with Gasteiger partial charge in [-0.15, -0.1) is 11.3 Å². The van der Waals surface area contributed by atoms with E-state index in [0.29, 0.717) is 5.69 Å². The molecule has 2 rings (SSSR count). The Hall–Kier alpha value is -1.19. The summed E-state index contributed by atoms with van der Waals surface area (Å²) in [5.74, 6) is -0.463. The fourth-order valence-corrected chi connectivity index (χ4v) is 2.93. The first-order chi connectivity index (χ1) is 10.4. The van der Waals surface area contributed by atoms with Gasteiger partial charge in [-0.3, -0.25) is 9.69 Å². The second-order valence-electron chi connectivity index (χ2n) is 4.98. The van der Waals surface area contributed by atoms with E-state index in [2.05, 4.69) is 10.3 Å². The van der Waals surface area contributed by atoms with Gasteiger partial charge in [0.25, 0.3) is 0 Å². The number of hydrogen-bond donors (Lipinski definition) is 1. The fourth-order valence-electron chi connectivity index (χ4n) is 2.19. The number of morpholine rings is 1. The number of ether oxygens (including phenoxy) is 1. The van der Waals surface area contributed by atoms with Gasteiger partial charge in [0.05, 0.1) is 37.0 Å². The van der Waals surface area contributed by atoms with Crippen LogP contribution in [0, 0.1) is 0 Å². The van der Waals surface area contributed by atoms with Gasteiger partial charge in [0.15, 0.2) is 0 Å². The van der Waals surface area contributed by atoms with Gasteiger partial charge in [0, 0.05) is 11.9 Å². The third-order valence-electron chi connectivity index (χ3n) is 3.27. The van der Waals surface area contributed by atoms with Gasteiger partial charge in [0.2, 0.25) is 5.91 Å². The van der Waals surface area contributed by atoms with Crippen LogP contribution in [0.2, 0.25) is 0 Å². The van der Waals surface area contributed by atoms with Crippen LogP contribution in [0.1, 0.15) is 17.6 Å². The summed E-state index contributed by atoms with van der Waals surface area (Å²) in [4.78, 5) is 17.5. The lowest BCUT2D eigenvalue weighted by Gasteiger charge is -2.34. The van der Waals surface area contributed by atoms with E-state index in [1.165, 1.54) is 11.3 Å². The van der Waals surface area contributed by atoms with Gasteiger partial charge in [-0.1, -0.05) is 6.92 Å². The Balaban J connectivity index is 1.91. The van der Waals surface area contributed by atoms with Gasteiger partial charge in [-0.05, 0) is 6.42 Å². The molecular formula is C13H18F3N3O2S. The SMILES string of the molecule is CCc1nc(CNC(=O)C2COCCN2CC(F)(F)F)cs1. The molecule has 1 aliphatic heterocycles. The highest BCUT2D eigenvalue weighted by molar-refractivity contribution is 7.09. The van der Waals surface area contributed by atoms with E-state index in [0.717, 1.165) is 16.3 Å². The van der Waals surface area contributed by atoms with Crippen LogP contribution in [0.15, 0.2) is 5.38 Å². The number of halogens is 3. The molecule has 0 aromatic carbocycles. The number of amides is 1. The van der Waals surface area contributed by atoms with Crippen LogP contribution in [0.25, 0.3) is 0 Å². The molecule has 0 bridgehead atoms. The smallest absolute Gasteiger partial charge is 0.378 e. The van der Waals surface area contributed by atoms with Crippen molar-refractivity contribution < 1.29 is 22.7 Å². The minimum atomic E-state index is -4.33. The molecular weight excluding hydrogens is 319 g/mol. The summed E-state index contributed by atoms with van der Waals surface area (Å²) in [5, 5.41) is 5.44. The number of carbonyl (C=O) groups excluding carboxylic acids is 1. The Kier molecular flexibility index (Phi) is 5.76. The summed E-state index contributed by atoms with van der Waals surface area (Å²) in [6.45, 7) is 1.35. The van der Waals surface area contributed by atoms with Crippen LogP contribution >= 0.6 is 11.3 Å². The Morgan fingerprint density at radius 3 is 3.00 bits per heavy atom. The Bertz CT molecular complexity index is 507. The van der Waals surface area contributed by atoms with Crippen molar-refractivity contribution in [1.29, 1.82) is 0 Å². The average molecular weight is 337 g/mol. The molecule has 124 valence electrons. The number of hydrogen-bond acceptors (Lipinski definition) is 5. The summed E-state index contributed by atoms with van der Waals surface area (Å²) >= 11 is 1.50. The molecule has 1 atom stereocenters. The first-order valence-corrected chi connectivity index (χ1v) is 7.86. The standard InChI is InChI=1S/C13H18F3N3O2S/c1-2-11-18-9(7-22-11)5-17-12(20)10-6-21-4-3-19(10)8-13(14,15)16/h7,10H,2-6,8H2,1H3,(H,17,20). The third kappa shape index (κ3) is 4.92. The molecule has 0 aliphatic carbocycles. The van der Waals surface area contributed by atoms with Crippen molar-refractivity contribution in [2.75, 3.05) is 26.3 Å². The molecule has 1 N–H and O–H groups in total. The second kappa shape index (κ2) is 7.38. The van der Waals surface area contributed by atoms with E-state index in [1.807, 2.05) is 12.3 Å². The molecule has 1 unspecified atom stereocenters. The first kappa shape index (κ1) is 17.2. The molecule has 9 heteroatoms. The summed E-state index contributed by atoms with van der Waals surface area (Å²) in [6, 6.07) is -0.917. The van der Waals surface area contributed by atoms with Gasteiger partial charge >= 0.3 is 6.18 Å². The third-order valence-corrected chi connectivity index (χ3v) is 4.31. The van der Waals surface area contributed by atoms with Crippen LogP contribution < -0.4 is 5.32 Å². The lowest BCUT2D eigenvalue weighted by molar-refractivity contribution is -0.166. The Labute approximate surface area is 130 Å². The summed E-state index contributed by atoms with van der Waals surface area (Å²) in [6.07, 6.45) is -3.52. The lowest BCUT2D eigenvalue weighted by Crippen LogP contribution is -2.55. The Morgan fingerprint density at radius 1 is 1.59 bits per heavy atom. The highest BCUT2D eigenvalue weighted by atomic mass is 32.1. The molecule has 1 aromatic rings. The number of aryl methyl sites for hydroxylation is 1. The van der Waals surface area contributed by atoms with Crippen molar-refractivity contribution >= 4 is 17.2 Å². The molecule has 22 heavy (non-hydrogen) atoms. The van der Waals surface area contributed by atoms with Gasteiger partial charge in [-0.25, -0.2) is 4.98 Å². The van der Waals surface area contributed by atoms with E-state index in [-0.39, 0.29) is 26.3 Å². The zero-order valence-corrected chi connectivity index (χ0v) is 13.0. The molecule has 1 aliphatic rings. The maximum atomic E-state index is 12.5. The van der Waals surface area contributed by atoms with Crippen molar-refractivity contribution in [2.24, 2.45) is 0 Å². The number of carbonyl (C=O) groups is 1. The molecule has 1 fully saturated rings. The number of rotatable bonds is 5. The monoisotopic (exact) mass is 337 g/mol. The van der Waals surface area contributed by atoms with Crippen molar-refractivity contribution in [3.8, 4) is 0 Å². The minimum absolute atomic E-state index is 0.0286. The number of aromatic nitrogens is 1. The van der Waals surface area contributed by atoms with Crippen LogP contribution in [-0.2, 0) is 22.5 Å². The average Bonchev–Trinajstić information content (AvgIpc) is 2.91.